The van der Waals surface area contributed by atoms with Gasteiger partial charge in [0.2, 0.25) is 0 Å². The lowest BCUT2D eigenvalue weighted by Crippen LogP contribution is -2.68. The molecule has 490 valence electrons. The van der Waals surface area contributed by atoms with Crippen LogP contribution in [0.1, 0.15) is 33.1 Å². The van der Waals surface area contributed by atoms with Gasteiger partial charge in [0, 0.05) is 0 Å². The molecule has 1 aliphatic carbocycles. The molecule has 35 atom stereocenters. The first-order chi connectivity index (χ1) is 39.7. The van der Waals surface area contributed by atoms with Crippen LogP contribution in [0, 0.1) is 12.8 Å². The summed E-state index contributed by atoms with van der Waals surface area (Å²) in [6.45, 7) is -7.33. The fraction of sp³-hybridized carbons (Fsp3) is 0.959. The van der Waals surface area contributed by atoms with Gasteiger partial charge in [0.1, 0.15) is 171 Å². The van der Waals surface area contributed by atoms with Crippen molar-refractivity contribution in [1.82, 2.24) is 0 Å². The molecule has 84 heavy (non-hydrogen) atoms. The first-order valence-electron chi connectivity index (χ1n) is 27.0. The number of aliphatic hydroxyl groups is 21. The molecule has 35 nitrogen and oxygen atoms in total. The van der Waals surface area contributed by atoms with Gasteiger partial charge < -0.3 is 174 Å². The Bertz CT molecular complexity index is 1580. The van der Waals surface area contributed by atoms with Gasteiger partial charge in [0.25, 0.3) is 0 Å². The largest absolute Gasteiger partial charge is 0.394 e. The van der Waals surface area contributed by atoms with Crippen molar-refractivity contribution < 1.29 is 174 Å². The molecule has 0 aromatic rings. The molecular weight excluding hydrogens is 1150 g/mol. The summed E-state index contributed by atoms with van der Waals surface area (Å²) in [5, 5.41) is 230. The Labute approximate surface area is 479 Å². The molecule has 14 bridgehead atoms. The highest BCUT2D eigenvalue weighted by Gasteiger charge is 2.59. The standard InChI is InChI=1S/C42H70O35.C4H8.C2H2.CH4/c43-1-8-29-15(50)22(57)36(64-8)72-30-9(2-44)66-38(24(59)17(30)52)74-32-11(4-46)68-40(26(61)19(32)54)76-34-13(6-48)70-42(28(63)21(34)56)77-35-14(7-49)69-41(27(62)20(35)55)75-33-12(5-47)67-39(25(60)18(33)53)73-31-10(3-45)65-37(71-29)23(58)16(31)51;1-2-4-3-1;1-2;/h8-63H,1-7H2;1-4H2;1-2H;1H4/t8?,9?,10?,11?,12?,13?,14?,15-,16-,17-,18-,19-,20-,21-,22+,23?,24?,25?,26?,27?,28?,29-,30-,31-,32-,33-,34-,35-,36?,37-,38-,39-,40-,41-,42-;;;/m1.../s1. The van der Waals surface area contributed by atoms with Crippen molar-refractivity contribution >= 4 is 0 Å². The number of hydrogen-bond donors (Lipinski definition) is 21. The topological polar surface area (TPSA) is 554 Å². The van der Waals surface area contributed by atoms with Gasteiger partial charge in [-0.25, -0.2) is 0 Å². The van der Waals surface area contributed by atoms with Gasteiger partial charge in [-0.15, -0.1) is 12.8 Å². The zero-order valence-electron chi connectivity index (χ0n) is 44.2. The van der Waals surface area contributed by atoms with Crippen molar-refractivity contribution in [1.29, 1.82) is 0 Å². The van der Waals surface area contributed by atoms with E-state index in [9.17, 15) is 107 Å². The smallest absolute Gasteiger partial charge is 0.187 e. The summed E-state index contributed by atoms with van der Waals surface area (Å²) in [5.41, 5.74) is 0. The van der Waals surface area contributed by atoms with E-state index in [-0.39, 0.29) is 7.43 Å². The van der Waals surface area contributed by atoms with Crippen molar-refractivity contribution in [3.63, 3.8) is 0 Å². The maximum absolute atomic E-state index is 11.3. The quantitative estimate of drug-likeness (QED) is 0.105. The minimum Gasteiger partial charge on any atom is -0.394 e. The predicted octanol–water partition coefficient (Wildman–Crippen LogP) is -12.8. The summed E-state index contributed by atoms with van der Waals surface area (Å²) in [6.07, 6.45) is -56.2. The van der Waals surface area contributed by atoms with E-state index in [0.29, 0.717) is 0 Å². The van der Waals surface area contributed by atoms with Gasteiger partial charge >= 0.3 is 0 Å². The third kappa shape index (κ3) is 14.8. The summed E-state index contributed by atoms with van der Waals surface area (Å²) >= 11 is 0. The zero-order chi connectivity index (χ0) is 60.9. The maximum atomic E-state index is 11.3. The second-order valence-electron chi connectivity index (χ2n) is 21.1. The van der Waals surface area contributed by atoms with E-state index >= 15 is 0 Å². The Balaban J connectivity index is 0.00000153. The van der Waals surface area contributed by atoms with Crippen LogP contribution >= 0.6 is 0 Å². The molecule has 21 N–H and O–H groups in total. The molecule has 0 aromatic heterocycles. The monoisotopic (exact) mass is 1230 g/mol. The van der Waals surface area contributed by atoms with Crippen molar-refractivity contribution in [2.45, 2.75) is 248 Å². The highest BCUT2D eigenvalue weighted by molar-refractivity contribution is 5.01. The molecule has 14 unspecified atom stereocenters. The second kappa shape index (κ2) is 31.8. The Morgan fingerprint density at radius 3 is 0.393 bits per heavy atom. The number of aliphatic hydroxyl groups excluding tert-OH is 21. The van der Waals surface area contributed by atoms with Gasteiger partial charge in [-0.05, 0) is 0 Å². The average molecular weight is 1230 g/mol. The highest BCUT2D eigenvalue weighted by atomic mass is 16.8. The summed E-state index contributed by atoms with van der Waals surface area (Å²) in [7, 11) is 0. The van der Waals surface area contributed by atoms with Crippen LogP contribution in [0.5, 0.6) is 0 Å². The number of terminal acetylenes is 1. The van der Waals surface area contributed by atoms with E-state index in [2.05, 4.69) is 12.8 Å². The van der Waals surface area contributed by atoms with Gasteiger partial charge in [-0.1, -0.05) is 33.1 Å². The molecule has 0 amide bonds. The van der Waals surface area contributed by atoms with Crippen molar-refractivity contribution in [3.8, 4) is 12.8 Å². The summed E-state index contributed by atoms with van der Waals surface area (Å²) in [4.78, 5) is 0. The summed E-state index contributed by atoms with van der Waals surface area (Å²) in [6, 6.07) is 0. The van der Waals surface area contributed by atoms with E-state index in [1.807, 2.05) is 0 Å². The van der Waals surface area contributed by atoms with Crippen molar-refractivity contribution in [2.75, 3.05) is 46.2 Å². The predicted molar refractivity (Wildman–Crippen MR) is 264 cm³/mol. The number of rotatable bonds is 7. The fourth-order valence-corrected chi connectivity index (χ4v) is 10.7. The molecule has 1 saturated carbocycles. The number of hydrogen-bond acceptors (Lipinski definition) is 35. The zero-order valence-corrected chi connectivity index (χ0v) is 44.2. The van der Waals surface area contributed by atoms with Gasteiger partial charge in [-0.3, -0.25) is 0 Å². The molecule has 22 fully saturated rings. The lowest BCUT2D eigenvalue weighted by Gasteiger charge is -2.50. The van der Waals surface area contributed by atoms with Gasteiger partial charge in [0.05, 0.1) is 46.2 Å². The molecule has 0 radical (unpaired) electrons. The Morgan fingerprint density at radius 1 is 0.202 bits per heavy atom. The van der Waals surface area contributed by atoms with Crippen molar-refractivity contribution in [3.05, 3.63) is 0 Å². The van der Waals surface area contributed by atoms with Gasteiger partial charge in [-0.2, -0.15) is 0 Å². The molecule has 21 aliphatic heterocycles. The fourth-order valence-electron chi connectivity index (χ4n) is 10.7. The van der Waals surface area contributed by atoms with Crippen LogP contribution in [0.15, 0.2) is 0 Å². The molecule has 35 heteroatoms. The summed E-state index contributed by atoms with van der Waals surface area (Å²) in [5.74, 6) is 0. The molecule has 0 spiro atoms. The van der Waals surface area contributed by atoms with Crippen LogP contribution in [0.3, 0.4) is 0 Å². The van der Waals surface area contributed by atoms with E-state index in [1.165, 1.54) is 25.7 Å². The third-order valence-electron chi connectivity index (χ3n) is 15.8. The number of ether oxygens (including phenoxy) is 14. The van der Waals surface area contributed by atoms with E-state index in [1.54, 1.807) is 0 Å². The highest BCUT2D eigenvalue weighted by Crippen LogP contribution is 2.39. The van der Waals surface area contributed by atoms with E-state index in [0.717, 1.165) is 0 Å². The van der Waals surface area contributed by atoms with Gasteiger partial charge in [0.15, 0.2) is 44.0 Å². The molecule has 0 aromatic carbocycles. The maximum Gasteiger partial charge on any atom is 0.187 e. The SMILES string of the molecule is C.C#C.C1CCC1.OCC1OC2O[C@@H]3C(CO)O[C@H](O[C@@H]4C(CO)O[C@H](O[C@@H]5C(CO)O[C@H](O[C@@H]6C(CO)O[C@H](O[C@@H]7C(CO)O[C@H](O[C@@H]8C(CO)O[C@H](O[C@H]1[C@H](O)[C@@H]2O)C(O)[C@H]8O)C(O)[C@H]7O)C(O)[C@H]6O)C(O)[C@H]5O)C(O)[C@H]4O)C(O)[C@H]3O. The van der Waals surface area contributed by atoms with Crippen LogP contribution in [0.25, 0.3) is 0 Å². The molecular formula is C49H84O35. The lowest BCUT2D eigenvalue weighted by molar-refractivity contribution is -0.396. The normalized spacial score (nSPS) is 51.9. The Kier molecular flexibility index (Phi) is 26.9. The van der Waals surface area contributed by atoms with E-state index in [4.69, 9.17) is 66.3 Å². The van der Waals surface area contributed by atoms with Crippen LogP contribution in [-0.4, -0.2) is 368 Å². The van der Waals surface area contributed by atoms with Crippen LogP contribution in [0.2, 0.25) is 0 Å². The Morgan fingerprint density at radius 2 is 0.310 bits per heavy atom. The average Bonchev–Trinajstić information content (AvgIpc) is 2.47. The molecule has 22 aliphatic rings. The van der Waals surface area contributed by atoms with Crippen LogP contribution in [0.4, 0.5) is 0 Å². The first kappa shape index (κ1) is 71.2. The molecule has 21 saturated heterocycles. The summed E-state index contributed by atoms with van der Waals surface area (Å²) < 4.78 is 79.5. The third-order valence-corrected chi connectivity index (χ3v) is 15.8. The molecule has 22 rings (SSSR count). The van der Waals surface area contributed by atoms with Crippen molar-refractivity contribution in [2.24, 2.45) is 0 Å². The minimum atomic E-state index is -2.21. The van der Waals surface area contributed by atoms with Crippen LogP contribution < -0.4 is 0 Å². The minimum absolute atomic E-state index is 0. The second-order valence-corrected chi connectivity index (χ2v) is 21.1. The lowest BCUT2D eigenvalue weighted by atomic mass is 9.95. The first-order valence-corrected chi connectivity index (χ1v) is 27.0. The molecule has 21 heterocycles. The van der Waals surface area contributed by atoms with E-state index < -0.39 is 261 Å². The van der Waals surface area contributed by atoms with Crippen LogP contribution in [-0.2, 0) is 66.3 Å². The Hall–Kier alpha value is -1.84.